The van der Waals surface area contributed by atoms with E-state index in [4.69, 9.17) is 18.0 Å². The van der Waals surface area contributed by atoms with E-state index in [9.17, 15) is 4.21 Å². The molecule has 0 aliphatic carbocycles. The van der Waals surface area contributed by atoms with E-state index >= 15 is 0 Å². The predicted molar refractivity (Wildman–Crippen MR) is 81.5 cm³/mol. The number of thiophene rings is 1. The van der Waals surface area contributed by atoms with E-state index in [0.29, 0.717) is 15.1 Å². The highest BCUT2D eigenvalue weighted by Crippen LogP contribution is 2.24. The molecule has 0 aliphatic heterocycles. The summed E-state index contributed by atoms with van der Waals surface area (Å²) in [7, 11) is -1.38. The van der Waals surface area contributed by atoms with Crippen molar-refractivity contribution in [1.29, 1.82) is 0 Å². The molecule has 2 aromatic rings. The average Bonchev–Trinajstić information content (AvgIpc) is 2.86. The highest BCUT2D eigenvalue weighted by molar-refractivity contribution is 7.85. The van der Waals surface area contributed by atoms with Crippen molar-refractivity contribution in [2.75, 3.05) is 11.6 Å². The maximum atomic E-state index is 12.2. The van der Waals surface area contributed by atoms with Crippen LogP contribution in [-0.2, 0) is 11.0 Å². The van der Waals surface area contributed by atoms with Crippen molar-refractivity contribution in [3.8, 4) is 12.3 Å². The summed E-state index contributed by atoms with van der Waals surface area (Å²) < 4.78 is 13.4. The predicted octanol–water partition coefficient (Wildman–Crippen LogP) is 3.07. The van der Waals surface area contributed by atoms with Crippen LogP contribution in [0.3, 0.4) is 0 Å². The number of halogens is 1. The van der Waals surface area contributed by atoms with Gasteiger partial charge in [0.2, 0.25) is 0 Å². The van der Waals surface area contributed by atoms with Crippen molar-refractivity contribution in [2.45, 2.75) is 4.21 Å². The lowest BCUT2D eigenvalue weighted by Crippen LogP contribution is -2.39. The minimum atomic E-state index is -1.38. The molecule has 0 fully saturated rings. The lowest BCUT2D eigenvalue weighted by molar-refractivity contribution is 0.670. The quantitative estimate of drug-likeness (QED) is 0.680. The van der Waals surface area contributed by atoms with Crippen LogP contribution < -0.4 is 9.84 Å². The Morgan fingerprint density at radius 3 is 2.63 bits per heavy atom. The highest BCUT2D eigenvalue weighted by atomic mass is 35.5. The Labute approximate surface area is 123 Å². The van der Waals surface area contributed by atoms with Gasteiger partial charge in [0.05, 0.1) is 16.6 Å². The van der Waals surface area contributed by atoms with Gasteiger partial charge < -0.3 is 0 Å². The van der Waals surface area contributed by atoms with Crippen molar-refractivity contribution >= 4 is 39.6 Å². The van der Waals surface area contributed by atoms with E-state index < -0.39 is 11.0 Å². The first kappa shape index (κ1) is 14.1. The summed E-state index contributed by atoms with van der Waals surface area (Å²) in [5.74, 6) is 2.53. The minimum absolute atomic E-state index is 0.314. The van der Waals surface area contributed by atoms with Gasteiger partial charge in [-0.25, -0.2) is 4.21 Å². The van der Waals surface area contributed by atoms with Crippen LogP contribution in [0.15, 0.2) is 46.7 Å². The fraction of sp³-hybridized carbons (Fsp3) is 0.0769. The largest absolute Gasteiger partial charge is 0.285 e. The van der Waals surface area contributed by atoms with Gasteiger partial charge in [-0.05, 0) is 24.3 Å². The van der Waals surface area contributed by atoms with E-state index in [0.717, 1.165) is 5.69 Å². The monoisotopic (exact) mass is 310 g/mol. The molecule has 0 spiro atoms. The number of hydrazine groups is 1. The van der Waals surface area contributed by atoms with Crippen molar-refractivity contribution < 1.29 is 4.21 Å². The van der Waals surface area contributed by atoms with Gasteiger partial charge in [-0.2, -0.15) is 0 Å². The molecule has 0 amide bonds. The highest BCUT2D eigenvalue weighted by Gasteiger charge is 2.12. The zero-order valence-corrected chi connectivity index (χ0v) is 12.3. The lowest BCUT2D eigenvalue weighted by atomic mass is 10.3. The number of rotatable bonds is 5. The number of nitrogens with one attached hydrogen (secondary N) is 1. The molecule has 98 valence electrons. The normalized spacial score (nSPS) is 11.8. The number of nitrogens with zero attached hydrogens (tertiary/aromatic N) is 1. The molecule has 0 saturated carbocycles. The summed E-state index contributed by atoms with van der Waals surface area (Å²) in [4.78, 5) is 2.88. The van der Waals surface area contributed by atoms with Crippen LogP contribution in [-0.4, -0.2) is 10.8 Å². The second kappa shape index (κ2) is 6.73. The molecule has 1 N–H and O–H groups in total. The summed E-state index contributed by atoms with van der Waals surface area (Å²) in [6.45, 7) is 0.314. The van der Waals surface area contributed by atoms with Crippen molar-refractivity contribution in [3.05, 3.63) is 46.8 Å². The number of benzene rings is 1. The number of hydrogen-bond acceptors (Lipinski definition) is 3. The molecule has 3 nitrogen and oxygen atoms in total. The summed E-state index contributed by atoms with van der Waals surface area (Å²) in [5.41, 5.74) is 0.858. The standard InChI is InChI=1S/C13H11ClN2OS2/c1-2-10-16(11-6-4-3-5-7-11)15-19(17)13-9-8-12(14)18-13/h1,3-9,15H,10H2. The molecule has 6 heteroatoms. The molecular formula is C13H11ClN2OS2. The van der Waals surface area contributed by atoms with E-state index in [2.05, 4.69) is 10.8 Å². The SMILES string of the molecule is C#CCN(NS(=O)c1ccc(Cl)s1)c1ccccc1. The van der Waals surface area contributed by atoms with Crippen LogP contribution >= 0.6 is 22.9 Å². The Balaban J connectivity index is 2.14. The molecule has 1 unspecified atom stereocenters. The molecule has 1 aromatic heterocycles. The Hall–Kier alpha value is -1.32. The number of hydrogen-bond donors (Lipinski definition) is 1. The molecule has 2 rings (SSSR count). The van der Waals surface area contributed by atoms with Gasteiger partial charge in [0.25, 0.3) is 0 Å². The number of anilines is 1. The first-order chi connectivity index (χ1) is 9.20. The Kier molecular flexibility index (Phi) is 5.00. The summed E-state index contributed by atoms with van der Waals surface area (Å²) >= 11 is 7.11. The number of para-hydroxylation sites is 1. The van der Waals surface area contributed by atoms with Crippen LogP contribution in [0.5, 0.6) is 0 Å². The molecule has 1 atom stereocenters. The third-order valence-electron chi connectivity index (χ3n) is 2.24. The average molecular weight is 311 g/mol. The molecule has 1 heterocycles. The van der Waals surface area contributed by atoms with Crippen molar-refractivity contribution in [3.63, 3.8) is 0 Å². The lowest BCUT2D eigenvalue weighted by Gasteiger charge is -2.21. The van der Waals surface area contributed by atoms with Crippen LogP contribution in [0.2, 0.25) is 4.34 Å². The van der Waals surface area contributed by atoms with E-state index in [1.807, 2.05) is 30.3 Å². The van der Waals surface area contributed by atoms with Gasteiger partial charge in [0.15, 0.2) is 11.0 Å². The Morgan fingerprint density at radius 1 is 1.32 bits per heavy atom. The molecule has 1 aromatic carbocycles. The third kappa shape index (κ3) is 3.82. The summed E-state index contributed by atoms with van der Waals surface area (Å²) in [5, 5.41) is 1.67. The first-order valence-electron chi connectivity index (χ1n) is 5.40. The molecule has 0 aliphatic rings. The van der Waals surface area contributed by atoms with Crippen molar-refractivity contribution in [1.82, 2.24) is 4.83 Å². The van der Waals surface area contributed by atoms with Gasteiger partial charge in [0.1, 0.15) is 4.21 Å². The second-order valence-electron chi connectivity index (χ2n) is 3.54. The van der Waals surface area contributed by atoms with Crippen LogP contribution in [0, 0.1) is 12.3 Å². The van der Waals surface area contributed by atoms with Gasteiger partial charge in [-0.3, -0.25) is 5.01 Å². The summed E-state index contributed by atoms with van der Waals surface area (Å²) in [6.07, 6.45) is 5.34. The van der Waals surface area contributed by atoms with Crippen LogP contribution in [0.1, 0.15) is 0 Å². The van der Waals surface area contributed by atoms with E-state index in [1.165, 1.54) is 11.3 Å². The zero-order valence-electron chi connectivity index (χ0n) is 9.88. The van der Waals surface area contributed by atoms with Crippen LogP contribution in [0.25, 0.3) is 0 Å². The number of terminal acetylenes is 1. The van der Waals surface area contributed by atoms with Gasteiger partial charge in [-0.15, -0.1) is 22.6 Å². The maximum Gasteiger partial charge on any atom is 0.153 e. The first-order valence-corrected chi connectivity index (χ1v) is 7.74. The Bertz CT molecular complexity index is 607. The van der Waals surface area contributed by atoms with Gasteiger partial charge in [0, 0.05) is 0 Å². The second-order valence-corrected chi connectivity index (χ2v) is 6.68. The van der Waals surface area contributed by atoms with Gasteiger partial charge in [-0.1, -0.05) is 35.7 Å². The Morgan fingerprint density at radius 2 is 2.05 bits per heavy atom. The van der Waals surface area contributed by atoms with Gasteiger partial charge >= 0.3 is 0 Å². The fourth-order valence-electron chi connectivity index (χ4n) is 1.42. The molecular weight excluding hydrogens is 300 g/mol. The van der Waals surface area contributed by atoms with E-state index in [-0.39, 0.29) is 0 Å². The van der Waals surface area contributed by atoms with Crippen LogP contribution in [0.4, 0.5) is 5.69 Å². The topological polar surface area (TPSA) is 32.3 Å². The molecule has 0 bridgehead atoms. The minimum Gasteiger partial charge on any atom is -0.285 e. The smallest absolute Gasteiger partial charge is 0.153 e. The molecule has 0 saturated heterocycles. The zero-order chi connectivity index (χ0) is 13.7. The molecule has 19 heavy (non-hydrogen) atoms. The molecule has 0 radical (unpaired) electrons. The fourth-order valence-corrected chi connectivity index (χ4v) is 3.67. The van der Waals surface area contributed by atoms with Crippen molar-refractivity contribution in [2.24, 2.45) is 0 Å². The third-order valence-corrected chi connectivity index (χ3v) is 4.86. The summed E-state index contributed by atoms with van der Waals surface area (Å²) in [6, 6.07) is 12.9. The maximum absolute atomic E-state index is 12.2. The van der Waals surface area contributed by atoms with E-state index in [1.54, 1.807) is 17.1 Å².